The van der Waals surface area contributed by atoms with Crippen LogP contribution in [0.1, 0.15) is 34.5 Å². The molecule has 1 atom stereocenters. The van der Waals surface area contributed by atoms with Gasteiger partial charge in [0.15, 0.2) is 0 Å². The first-order valence-electron chi connectivity index (χ1n) is 11.0. The van der Waals surface area contributed by atoms with Crippen molar-refractivity contribution in [2.24, 2.45) is 0 Å². The van der Waals surface area contributed by atoms with Gasteiger partial charge >= 0.3 is 0 Å². The average molecular weight is 452 g/mol. The van der Waals surface area contributed by atoms with Crippen LogP contribution in [0.25, 0.3) is 22.0 Å². The molecule has 168 valence electrons. The molecule has 0 aliphatic heterocycles. The average Bonchev–Trinajstić information content (AvgIpc) is 3.33. The van der Waals surface area contributed by atoms with E-state index in [-0.39, 0.29) is 17.8 Å². The van der Waals surface area contributed by atoms with Crippen LogP contribution >= 0.6 is 0 Å². The van der Waals surface area contributed by atoms with Gasteiger partial charge in [0.05, 0.1) is 18.8 Å². The van der Waals surface area contributed by atoms with Crippen LogP contribution in [0.15, 0.2) is 91.4 Å². The van der Waals surface area contributed by atoms with E-state index in [1.165, 1.54) is 12.1 Å². The number of nitrogens with zero attached hydrogens (tertiary/aromatic N) is 4. The molecule has 2 aromatic heterocycles. The zero-order valence-electron chi connectivity index (χ0n) is 18.5. The Bertz CT molecular complexity index is 1460. The van der Waals surface area contributed by atoms with Gasteiger partial charge in [0, 0.05) is 28.9 Å². The SMILES string of the molecule is C[C@@H](NC(=O)c1ccccc1Cn1cc(-c2ccc3cnccc3c2)nn1)c1ccc(F)cc1. The number of amides is 1. The number of nitrogens with one attached hydrogen (secondary N) is 1. The summed E-state index contributed by atoms with van der Waals surface area (Å²) in [7, 11) is 0. The number of pyridine rings is 1. The highest BCUT2D eigenvalue weighted by Gasteiger charge is 2.16. The molecule has 0 saturated heterocycles. The molecule has 5 aromatic rings. The predicted molar refractivity (Wildman–Crippen MR) is 129 cm³/mol. The fourth-order valence-corrected chi connectivity index (χ4v) is 3.91. The molecule has 0 aliphatic rings. The van der Waals surface area contributed by atoms with Gasteiger partial charge in [0.1, 0.15) is 11.5 Å². The largest absolute Gasteiger partial charge is 0.346 e. The van der Waals surface area contributed by atoms with Crippen LogP contribution in [-0.4, -0.2) is 25.9 Å². The fraction of sp³-hybridized carbons (Fsp3) is 0.111. The second kappa shape index (κ2) is 9.23. The maximum atomic E-state index is 13.2. The summed E-state index contributed by atoms with van der Waals surface area (Å²) < 4.78 is 14.9. The van der Waals surface area contributed by atoms with E-state index in [9.17, 15) is 9.18 Å². The number of rotatable bonds is 6. The van der Waals surface area contributed by atoms with Crippen molar-refractivity contribution in [3.8, 4) is 11.3 Å². The van der Waals surface area contributed by atoms with Gasteiger partial charge in [0.2, 0.25) is 0 Å². The highest BCUT2D eigenvalue weighted by atomic mass is 19.1. The molecule has 1 N–H and O–H groups in total. The fourth-order valence-electron chi connectivity index (χ4n) is 3.91. The molecule has 1 amide bonds. The summed E-state index contributed by atoms with van der Waals surface area (Å²) in [6.45, 7) is 2.27. The molecule has 5 rings (SSSR count). The summed E-state index contributed by atoms with van der Waals surface area (Å²) in [6.07, 6.45) is 5.47. The topological polar surface area (TPSA) is 72.7 Å². The van der Waals surface area contributed by atoms with Crippen LogP contribution < -0.4 is 5.32 Å². The second-order valence-electron chi connectivity index (χ2n) is 8.14. The minimum atomic E-state index is -0.305. The highest BCUT2D eigenvalue weighted by molar-refractivity contribution is 5.96. The summed E-state index contributed by atoms with van der Waals surface area (Å²) in [5, 5.41) is 13.7. The number of carbonyl (C=O) groups excluding carboxylic acids is 1. The molecular weight excluding hydrogens is 429 g/mol. The van der Waals surface area contributed by atoms with Gasteiger partial charge < -0.3 is 5.32 Å². The third kappa shape index (κ3) is 4.54. The molecule has 6 nitrogen and oxygen atoms in total. The Kier molecular flexibility index (Phi) is 5.82. The molecule has 2 heterocycles. The Balaban J connectivity index is 1.34. The smallest absolute Gasteiger partial charge is 0.252 e. The quantitative estimate of drug-likeness (QED) is 0.387. The van der Waals surface area contributed by atoms with E-state index in [2.05, 4.69) is 26.7 Å². The zero-order chi connectivity index (χ0) is 23.5. The van der Waals surface area contributed by atoms with E-state index < -0.39 is 0 Å². The molecule has 0 saturated carbocycles. The van der Waals surface area contributed by atoms with Gasteiger partial charge in [-0.3, -0.25) is 9.78 Å². The van der Waals surface area contributed by atoms with Crippen molar-refractivity contribution in [1.82, 2.24) is 25.3 Å². The van der Waals surface area contributed by atoms with Gasteiger partial charge in [0.25, 0.3) is 5.91 Å². The number of benzene rings is 3. The molecule has 0 fully saturated rings. The van der Waals surface area contributed by atoms with E-state index in [4.69, 9.17) is 0 Å². The summed E-state index contributed by atoms with van der Waals surface area (Å²) in [5.41, 5.74) is 3.94. The molecule has 0 aliphatic carbocycles. The number of carbonyl (C=O) groups is 1. The summed E-state index contributed by atoms with van der Waals surface area (Å²) in [4.78, 5) is 17.2. The third-order valence-corrected chi connectivity index (χ3v) is 5.79. The normalized spacial score (nSPS) is 11.9. The summed E-state index contributed by atoms with van der Waals surface area (Å²) in [6, 6.07) is 21.3. The number of aromatic nitrogens is 4. The van der Waals surface area contributed by atoms with E-state index in [1.807, 2.05) is 55.7 Å². The summed E-state index contributed by atoms with van der Waals surface area (Å²) in [5.74, 6) is -0.503. The lowest BCUT2D eigenvalue weighted by Crippen LogP contribution is -2.27. The molecule has 7 heteroatoms. The van der Waals surface area contributed by atoms with Crippen molar-refractivity contribution in [1.29, 1.82) is 0 Å². The van der Waals surface area contributed by atoms with Crippen molar-refractivity contribution in [3.63, 3.8) is 0 Å². The van der Waals surface area contributed by atoms with Gasteiger partial charge in [-0.25, -0.2) is 9.07 Å². The van der Waals surface area contributed by atoms with Gasteiger partial charge in [-0.15, -0.1) is 5.10 Å². The number of hydrogen-bond donors (Lipinski definition) is 1. The maximum Gasteiger partial charge on any atom is 0.252 e. The van der Waals surface area contributed by atoms with E-state index in [1.54, 1.807) is 29.1 Å². The van der Waals surface area contributed by atoms with Crippen LogP contribution in [0, 0.1) is 5.82 Å². The number of fused-ring (bicyclic) bond motifs is 1. The van der Waals surface area contributed by atoms with Gasteiger partial charge in [-0.05, 0) is 53.8 Å². The van der Waals surface area contributed by atoms with Crippen LogP contribution in [0.4, 0.5) is 4.39 Å². The van der Waals surface area contributed by atoms with Crippen molar-refractivity contribution in [2.45, 2.75) is 19.5 Å². The van der Waals surface area contributed by atoms with E-state index in [0.29, 0.717) is 12.1 Å². The number of hydrogen-bond acceptors (Lipinski definition) is 4. The minimum absolute atomic E-state index is 0.198. The van der Waals surface area contributed by atoms with Crippen LogP contribution in [0.5, 0.6) is 0 Å². The van der Waals surface area contributed by atoms with Gasteiger partial charge in [-0.1, -0.05) is 47.7 Å². The first-order valence-corrected chi connectivity index (χ1v) is 11.0. The Morgan fingerprint density at radius 3 is 2.71 bits per heavy atom. The maximum absolute atomic E-state index is 13.2. The van der Waals surface area contributed by atoms with E-state index >= 15 is 0 Å². The molecule has 34 heavy (non-hydrogen) atoms. The lowest BCUT2D eigenvalue weighted by molar-refractivity contribution is 0.0938. The Morgan fingerprint density at radius 2 is 1.85 bits per heavy atom. The summed E-state index contributed by atoms with van der Waals surface area (Å²) >= 11 is 0. The molecule has 0 unspecified atom stereocenters. The van der Waals surface area contributed by atoms with Gasteiger partial charge in [-0.2, -0.15) is 0 Å². The first kappa shape index (κ1) is 21.5. The Hall–Kier alpha value is -4.39. The van der Waals surface area contributed by atoms with E-state index in [0.717, 1.165) is 33.2 Å². The van der Waals surface area contributed by atoms with Crippen LogP contribution in [-0.2, 0) is 6.54 Å². The zero-order valence-corrected chi connectivity index (χ0v) is 18.5. The molecule has 3 aromatic carbocycles. The molecular formula is C27H22FN5O. The third-order valence-electron chi connectivity index (χ3n) is 5.79. The monoisotopic (exact) mass is 451 g/mol. The lowest BCUT2D eigenvalue weighted by Gasteiger charge is -2.16. The molecule has 0 spiro atoms. The van der Waals surface area contributed by atoms with Crippen molar-refractivity contribution in [2.75, 3.05) is 0 Å². The first-order chi connectivity index (χ1) is 16.6. The van der Waals surface area contributed by atoms with Crippen molar-refractivity contribution < 1.29 is 9.18 Å². The predicted octanol–water partition coefficient (Wildman–Crippen LogP) is 5.17. The van der Waals surface area contributed by atoms with Crippen molar-refractivity contribution >= 4 is 16.7 Å². The highest BCUT2D eigenvalue weighted by Crippen LogP contribution is 2.23. The lowest BCUT2D eigenvalue weighted by atomic mass is 10.0. The molecule has 0 radical (unpaired) electrons. The second-order valence-corrected chi connectivity index (χ2v) is 8.14. The Morgan fingerprint density at radius 1 is 1.03 bits per heavy atom. The Labute approximate surface area is 196 Å². The number of halogens is 1. The van der Waals surface area contributed by atoms with Crippen LogP contribution in [0.3, 0.4) is 0 Å². The minimum Gasteiger partial charge on any atom is -0.346 e. The molecule has 0 bridgehead atoms. The van der Waals surface area contributed by atoms with Crippen molar-refractivity contribution in [3.05, 3.63) is 114 Å². The standard InChI is InChI=1S/C27H22FN5O/c1-18(19-8-10-24(28)11-9-19)30-27(34)25-5-3-2-4-23(25)16-33-17-26(31-32-33)21-6-7-22-15-29-13-12-20(22)14-21/h2-15,17-18H,16H2,1H3,(H,30,34)/t18-/m1/s1. The van der Waals surface area contributed by atoms with Crippen LogP contribution in [0.2, 0.25) is 0 Å².